The Morgan fingerprint density at radius 3 is 2.59 bits per heavy atom. The Hall–Kier alpha value is -1.22. The first-order chi connectivity index (χ1) is 8.18. The number of ketones is 1. The molecule has 1 aromatic rings. The van der Waals surface area contributed by atoms with Crippen LogP contribution in [0.3, 0.4) is 0 Å². The Morgan fingerprint density at radius 1 is 1.29 bits per heavy atom. The first-order valence-corrected chi connectivity index (χ1v) is 6.18. The fraction of sp³-hybridized carbons (Fsp3) is 0.500. The van der Waals surface area contributed by atoms with Crippen molar-refractivity contribution in [2.75, 3.05) is 13.1 Å². The molecule has 1 aromatic carbocycles. The van der Waals surface area contributed by atoms with Gasteiger partial charge in [0.15, 0.2) is 5.78 Å². The molecule has 2 nitrogen and oxygen atoms in total. The summed E-state index contributed by atoms with van der Waals surface area (Å²) in [6.45, 7) is 3.45. The van der Waals surface area contributed by atoms with Crippen LogP contribution in [0.2, 0.25) is 0 Å². The highest BCUT2D eigenvalue weighted by Gasteiger charge is 2.25. The van der Waals surface area contributed by atoms with E-state index in [-0.39, 0.29) is 17.6 Å². The molecule has 1 unspecified atom stereocenters. The average Bonchev–Trinajstić information content (AvgIpc) is 2.30. The maximum absolute atomic E-state index is 13.2. The van der Waals surface area contributed by atoms with Crippen molar-refractivity contribution in [3.63, 3.8) is 0 Å². The van der Waals surface area contributed by atoms with E-state index < -0.39 is 0 Å². The van der Waals surface area contributed by atoms with Gasteiger partial charge in [0.1, 0.15) is 5.82 Å². The van der Waals surface area contributed by atoms with Gasteiger partial charge in [-0.1, -0.05) is 18.6 Å². The number of Topliss-reactive ketones (excluding diaryl/α,β-unsaturated/α-hetero) is 1. The van der Waals surface area contributed by atoms with E-state index in [0.29, 0.717) is 0 Å². The van der Waals surface area contributed by atoms with Crippen LogP contribution in [0.1, 0.15) is 37.8 Å². The van der Waals surface area contributed by atoms with Crippen molar-refractivity contribution in [2.24, 2.45) is 0 Å². The van der Waals surface area contributed by atoms with E-state index in [2.05, 4.69) is 4.90 Å². The lowest BCUT2D eigenvalue weighted by molar-refractivity contribution is -0.122. The van der Waals surface area contributed by atoms with Crippen LogP contribution in [0.25, 0.3) is 0 Å². The molecule has 1 saturated heterocycles. The van der Waals surface area contributed by atoms with Gasteiger partial charge in [-0.15, -0.1) is 0 Å². The van der Waals surface area contributed by atoms with Crippen molar-refractivity contribution in [1.82, 2.24) is 4.90 Å². The Labute approximate surface area is 101 Å². The second-order valence-corrected chi connectivity index (χ2v) is 4.66. The Balaban J connectivity index is 2.25. The van der Waals surface area contributed by atoms with Crippen molar-refractivity contribution < 1.29 is 9.18 Å². The third-order valence-electron chi connectivity index (χ3n) is 3.31. The van der Waals surface area contributed by atoms with Crippen LogP contribution in [0.15, 0.2) is 24.3 Å². The number of piperidine rings is 1. The first kappa shape index (κ1) is 12.2. The highest BCUT2D eigenvalue weighted by Crippen LogP contribution is 2.25. The number of rotatable bonds is 3. The zero-order chi connectivity index (χ0) is 12.3. The van der Waals surface area contributed by atoms with E-state index in [0.717, 1.165) is 31.5 Å². The van der Waals surface area contributed by atoms with Crippen LogP contribution < -0.4 is 0 Å². The van der Waals surface area contributed by atoms with Crippen LogP contribution in [0.4, 0.5) is 4.39 Å². The van der Waals surface area contributed by atoms with Crippen molar-refractivity contribution in [2.45, 2.75) is 32.2 Å². The SMILES string of the molecule is CC(=O)C(c1cccc(F)c1)N1CCCCC1. The van der Waals surface area contributed by atoms with Gasteiger partial charge in [-0.3, -0.25) is 9.69 Å². The van der Waals surface area contributed by atoms with Crippen LogP contribution >= 0.6 is 0 Å². The topological polar surface area (TPSA) is 20.3 Å². The Bertz CT molecular complexity index is 399. The van der Waals surface area contributed by atoms with Crippen LogP contribution in [0.5, 0.6) is 0 Å². The molecule has 0 bridgehead atoms. The van der Waals surface area contributed by atoms with Gasteiger partial charge in [0.05, 0.1) is 6.04 Å². The lowest BCUT2D eigenvalue weighted by Gasteiger charge is -2.33. The Kier molecular flexibility index (Phi) is 3.89. The fourth-order valence-electron chi connectivity index (χ4n) is 2.56. The maximum Gasteiger partial charge on any atom is 0.151 e. The minimum atomic E-state index is -0.272. The summed E-state index contributed by atoms with van der Waals surface area (Å²) in [4.78, 5) is 14.0. The normalized spacial score (nSPS) is 18.9. The molecule has 1 fully saturated rings. The highest BCUT2D eigenvalue weighted by molar-refractivity contribution is 5.82. The molecule has 0 aromatic heterocycles. The maximum atomic E-state index is 13.2. The van der Waals surface area contributed by atoms with Crippen molar-refractivity contribution in [3.05, 3.63) is 35.6 Å². The predicted molar refractivity (Wildman–Crippen MR) is 65.2 cm³/mol. The van der Waals surface area contributed by atoms with Gasteiger partial charge < -0.3 is 0 Å². The summed E-state index contributed by atoms with van der Waals surface area (Å²) in [5.41, 5.74) is 0.777. The summed E-state index contributed by atoms with van der Waals surface area (Å²) in [7, 11) is 0. The summed E-state index contributed by atoms with van der Waals surface area (Å²) in [5, 5.41) is 0. The molecular weight excluding hydrogens is 217 g/mol. The highest BCUT2D eigenvalue weighted by atomic mass is 19.1. The molecular formula is C14H18FNO. The number of carbonyl (C=O) groups excluding carboxylic acids is 1. The number of hydrogen-bond donors (Lipinski definition) is 0. The largest absolute Gasteiger partial charge is 0.298 e. The van der Waals surface area contributed by atoms with E-state index in [1.807, 2.05) is 6.07 Å². The summed E-state index contributed by atoms with van der Waals surface area (Å²) >= 11 is 0. The van der Waals surface area contributed by atoms with Gasteiger partial charge in [-0.2, -0.15) is 0 Å². The predicted octanol–water partition coefficient (Wildman–Crippen LogP) is 2.94. The molecule has 1 atom stereocenters. The third kappa shape index (κ3) is 2.91. The summed E-state index contributed by atoms with van der Waals surface area (Å²) < 4.78 is 13.2. The van der Waals surface area contributed by atoms with Gasteiger partial charge >= 0.3 is 0 Å². The lowest BCUT2D eigenvalue weighted by Crippen LogP contribution is -2.37. The molecule has 1 heterocycles. The van der Waals surface area contributed by atoms with E-state index in [1.165, 1.54) is 18.6 Å². The van der Waals surface area contributed by atoms with E-state index in [9.17, 15) is 9.18 Å². The number of carbonyl (C=O) groups is 1. The third-order valence-corrected chi connectivity index (χ3v) is 3.31. The van der Waals surface area contributed by atoms with Crippen molar-refractivity contribution in [1.29, 1.82) is 0 Å². The standard InChI is InChI=1S/C14H18FNO/c1-11(17)14(16-8-3-2-4-9-16)12-6-5-7-13(15)10-12/h5-7,10,14H,2-4,8-9H2,1H3. The monoisotopic (exact) mass is 235 g/mol. The second kappa shape index (κ2) is 5.41. The zero-order valence-corrected chi connectivity index (χ0v) is 10.2. The summed E-state index contributed by atoms with van der Waals surface area (Å²) in [6, 6.07) is 6.12. The first-order valence-electron chi connectivity index (χ1n) is 6.18. The van der Waals surface area contributed by atoms with Gasteiger partial charge in [0.2, 0.25) is 0 Å². The van der Waals surface area contributed by atoms with Crippen LogP contribution in [0, 0.1) is 5.82 Å². The minimum Gasteiger partial charge on any atom is -0.298 e. The number of halogens is 1. The van der Waals surface area contributed by atoms with Gasteiger partial charge in [-0.05, 0) is 50.6 Å². The molecule has 1 aliphatic rings. The molecule has 0 spiro atoms. The molecule has 0 aliphatic carbocycles. The zero-order valence-electron chi connectivity index (χ0n) is 10.2. The number of nitrogens with zero attached hydrogens (tertiary/aromatic N) is 1. The lowest BCUT2D eigenvalue weighted by atomic mass is 9.99. The number of benzene rings is 1. The molecule has 3 heteroatoms. The molecule has 17 heavy (non-hydrogen) atoms. The smallest absolute Gasteiger partial charge is 0.151 e. The van der Waals surface area contributed by atoms with Gasteiger partial charge in [0, 0.05) is 0 Å². The molecule has 0 saturated carbocycles. The minimum absolute atomic E-state index is 0.0949. The Morgan fingerprint density at radius 2 is 2.00 bits per heavy atom. The quantitative estimate of drug-likeness (QED) is 0.802. The average molecular weight is 235 g/mol. The fourth-order valence-corrected chi connectivity index (χ4v) is 2.56. The number of likely N-dealkylation sites (tertiary alicyclic amines) is 1. The molecule has 0 amide bonds. The van der Waals surface area contributed by atoms with Crippen molar-refractivity contribution in [3.8, 4) is 0 Å². The van der Waals surface area contributed by atoms with Crippen LogP contribution in [-0.4, -0.2) is 23.8 Å². The molecule has 1 aliphatic heterocycles. The molecule has 2 rings (SSSR count). The van der Waals surface area contributed by atoms with E-state index in [1.54, 1.807) is 13.0 Å². The second-order valence-electron chi connectivity index (χ2n) is 4.66. The molecule has 92 valence electrons. The molecule has 0 radical (unpaired) electrons. The van der Waals surface area contributed by atoms with Gasteiger partial charge in [-0.25, -0.2) is 4.39 Å². The van der Waals surface area contributed by atoms with E-state index >= 15 is 0 Å². The van der Waals surface area contributed by atoms with E-state index in [4.69, 9.17) is 0 Å². The van der Waals surface area contributed by atoms with Crippen molar-refractivity contribution >= 4 is 5.78 Å². The summed E-state index contributed by atoms with van der Waals surface area (Å²) in [6.07, 6.45) is 3.47. The number of hydrogen-bond acceptors (Lipinski definition) is 2. The summed E-state index contributed by atoms with van der Waals surface area (Å²) in [5.74, 6) is -0.178. The van der Waals surface area contributed by atoms with Crippen LogP contribution in [-0.2, 0) is 4.79 Å². The van der Waals surface area contributed by atoms with Gasteiger partial charge in [0.25, 0.3) is 0 Å². The molecule has 0 N–H and O–H groups in total.